The van der Waals surface area contributed by atoms with Crippen molar-refractivity contribution in [3.8, 4) is 0 Å². The Bertz CT molecular complexity index is 1560. The van der Waals surface area contributed by atoms with Crippen LogP contribution in [0.4, 0.5) is 4.79 Å². The van der Waals surface area contributed by atoms with Crippen LogP contribution in [0.5, 0.6) is 0 Å². The third-order valence-corrected chi connectivity index (χ3v) is 9.89. The summed E-state index contributed by atoms with van der Waals surface area (Å²) in [5, 5.41) is 10.5. The Morgan fingerprint density at radius 1 is 0.828 bits per heavy atom. The van der Waals surface area contributed by atoms with Gasteiger partial charge in [0, 0.05) is 32.7 Å². The molecule has 0 spiro atoms. The molecule has 58 heavy (non-hydrogen) atoms. The first-order valence-corrected chi connectivity index (χ1v) is 20.7. The molecular formula is C44H68N6O8. The first-order valence-electron chi connectivity index (χ1n) is 20.7. The van der Waals surface area contributed by atoms with Gasteiger partial charge in [-0.3, -0.25) is 29.5 Å². The monoisotopic (exact) mass is 809 g/mol. The Balaban J connectivity index is 1.88. The fourth-order valence-corrected chi connectivity index (χ4v) is 6.38. The first-order chi connectivity index (χ1) is 27.6. The average Bonchev–Trinajstić information content (AvgIpc) is 3.18. The van der Waals surface area contributed by atoms with Crippen molar-refractivity contribution >= 4 is 29.8 Å². The van der Waals surface area contributed by atoms with Crippen molar-refractivity contribution in [2.45, 2.75) is 99.4 Å². The fraction of sp³-hybridized carbons (Fsp3) is 0.614. The molecule has 4 N–H and O–H groups in total. The molecule has 0 aromatic heterocycles. The Hall–Kier alpha value is -4.53. The van der Waals surface area contributed by atoms with E-state index in [4.69, 9.17) is 14.2 Å². The van der Waals surface area contributed by atoms with E-state index in [2.05, 4.69) is 26.3 Å². The Morgan fingerprint density at radius 3 is 2.02 bits per heavy atom. The van der Waals surface area contributed by atoms with E-state index in [1.54, 1.807) is 25.8 Å². The van der Waals surface area contributed by atoms with Gasteiger partial charge in [0.1, 0.15) is 24.7 Å². The molecule has 322 valence electrons. The maximum atomic E-state index is 14.2. The van der Waals surface area contributed by atoms with Crippen LogP contribution >= 0.6 is 0 Å². The predicted molar refractivity (Wildman–Crippen MR) is 223 cm³/mol. The van der Waals surface area contributed by atoms with E-state index in [0.717, 1.165) is 30.6 Å². The molecule has 2 aromatic rings. The maximum Gasteiger partial charge on any atom is 0.408 e. The van der Waals surface area contributed by atoms with Gasteiger partial charge in [0.2, 0.25) is 17.7 Å². The highest BCUT2D eigenvalue weighted by atomic mass is 16.6. The quantitative estimate of drug-likeness (QED) is 0.0757. The molecule has 0 radical (unpaired) electrons. The van der Waals surface area contributed by atoms with Gasteiger partial charge in [0.15, 0.2) is 0 Å². The lowest BCUT2D eigenvalue weighted by Crippen LogP contribution is -2.59. The van der Waals surface area contributed by atoms with Crippen LogP contribution in [0, 0.1) is 23.2 Å². The van der Waals surface area contributed by atoms with E-state index in [-0.39, 0.29) is 37.3 Å². The number of hydrogen-bond acceptors (Lipinski definition) is 10. The molecule has 4 amide bonds. The number of benzene rings is 2. The van der Waals surface area contributed by atoms with E-state index >= 15 is 0 Å². The van der Waals surface area contributed by atoms with E-state index in [1.807, 2.05) is 95.3 Å². The molecule has 2 aromatic carbocycles. The number of alkyl carbamates (subject to hydrolysis) is 1. The molecule has 1 aliphatic rings. The van der Waals surface area contributed by atoms with Gasteiger partial charge >= 0.3 is 12.1 Å². The van der Waals surface area contributed by atoms with Crippen molar-refractivity contribution in [3.63, 3.8) is 0 Å². The second-order valence-corrected chi connectivity index (χ2v) is 16.7. The number of carbonyl (C=O) groups is 5. The van der Waals surface area contributed by atoms with Gasteiger partial charge in [0.05, 0.1) is 31.2 Å². The minimum atomic E-state index is -0.983. The third kappa shape index (κ3) is 16.8. The second-order valence-electron chi connectivity index (χ2n) is 16.7. The van der Waals surface area contributed by atoms with Crippen molar-refractivity contribution in [1.82, 2.24) is 31.3 Å². The molecule has 0 aliphatic carbocycles. The topological polar surface area (TPSA) is 168 Å². The molecule has 1 aliphatic heterocycles. The second kappa shape index (κ2) is 24.4. The Kier molecular flexibility index (Phi) is 20.1. The van der Waals surface area contributed by atoms with Gasteiger partial charge in [-0.25, -0.2) is 9.80 Å². The number of morpholine rings is 1. The molecule has 1 heterocycles. The van der Waals surface area contributed by atoms with Gasteiger partial charge in [-0.15, -0.1) is 0 Å². The van der Waals surface area contributed by atoms with Gasteiger partial charge in [-0.1, -0.05) is 102 Å². The Labute approximate surface area is 345 Å². The smallest absolute Gasteiger partial charge is 0.408 e. The highest BCUT2D eigenvalue weighted by Crippen LogP contribution is 2.21. The summed E-state index contributed by atoms with van der Waals surface area (Å²) in [4.78, 5) is 70.5. The number of esters is 1. The zero-order valence-corrected chi connectivity index (χ0v) is 35.9. The largest absolute Gasteiger partial charge is 0.458 e. The van der Waals surface area contributed by atoms with Crippen LogP contribution in [0.2, 0.25) is 0 Å². The maximum absolute atomic E-state index is 14.2. The number of nitrogens with zero attached hydrogens (tertiary/aromatic N) is 2. The van der Waals surface area contributed by atoms with E-state index in [9.17, 15) is 24.0 Å². The van der Waals surface area contributed by atoms with Gasteiger partial charge in [-0.2, -0.15) is 0 Å². The lowest BCUT2D eigenvalue weighted by Gasteiger charge is -2.36. The molecule has 0 bridgehead atoms. The summed E-state index contributed by atoms with van der Waals surface area (Å²) in [5.41, 5.74) is 3.78. The van der Waals surface area contributed by atoms with Crippen LogP contribution in [-0.4, -0.2) is 110 Å². The predicted octanol–water partition coefficient (Wildman–Crippen LogP) is 4.48. The summed E-state index contributed by atoms with van der Waals surface area (Å²) in [6.07, 6.45) is 0.0596. The van der Waals surface area contributed by atoms with E-state index in [0.29, 0.717) is 39.3 Å². The zero-order chi connectivity index (χ0) is 42.7. The molecule has 1 saturated heterocycles. The van der Waals surface area contributed by atoms with Crippen LogP contribution < -0.4 is 21.4 Å². The molecular weight excluding hydrogens is 741 g/mol. The number of nitrogens with one attached hydrogen (secondary N) is 4. The van der Waals surface area contributed by atoms with Crippen LogP contribution in [0.1, 0.15) is 79.4 Å². The van der Waals surface area contributed by atoms with Crippen LogP contribution in [0.3, 0.4) is 0 Å². The normalized spacial score (nSPS) is 15.6. The third-order valence-electron chi connectivity index (χ3n) is 9.89. The number of rotatable bonds is 22. The summed E-state index contributed by atoms with van der Waals surface area (Å²) in [6, 6.07) is 17.0. The standard InChI is InChI=1S/C44H68N6O8/c1-9-10-22-50(48-40(52)37(31(2)3)39(51)45-21-23-49-24-26-56-27-25-49)29-36(58-42(54)44(6,7)8)35(28-33-17-13-11-14-18-33)46-41(53)38(32(4)5)47-43(55)57-30-34-19-15-12-16-20-34/h11-20,31-32,35-38H,9-10,21-30H2,1-8H3,(H,45,51)(H,46,53)(H,47,55)(H,48,52)/t35-,36-,37?,38-/m0/s1. The highest BCUT2D eigenvalue weighted by molar-refractivity contribution is 6.00. The van der Waals surface area contributed by atoms with E-state index < -0.39 is 53.4 Å². The summed E-state index contributed by atoms with van der Waals surface area (Å²) < 4.78 is 17.1. The number of ether oxygens (including phenoxy) is 3. The van der Waals surface area contributed by atoms with Gasteiger partial charge < -0.3 is 30.2 Å². The van der Waals surface area contributed by atoms with E-state index in [1.165, 1.54) is 0 Å². The van der Waals surface area contributed by atoms with Crippen molar-refractivity contribution in [2.75, 3.05) is 52.5 Å². The number of carbonyl (C=O) groups excluding carboxylic acids is 5. The van der Waals surface area contributed by atoms with Crippen LogP contribution in [0.15, 0.2) is 60.7 Å². The molecule has 14 heteroatoms. The van der Waals surface area contributed by atoms with Crippen LogP contribution in [0.25, 0.3) is 0 Å². The minimum absolute atomic E-state index is 0.00764. The van der Waals surface area contributed by atoms with Crippen molar-refractivity contribution in [2.24, 2.45) is 23.2 Å². The molecule has 0 saturated carbocycles. The summed E-state index contributed by atoms with van der Waals surface area (Å²) in [6.45, 7) is 18.9. The summed E-state index contributed by atoms with van der Waals surface area (Å²) in [7, 11) is 0. The molecule has 1 fully saturated rings. The molecule has 14 nitrogen and oxygen atoms in total. The van der Waals surface area contributed by atoms with Gasteiger partial charge in [-0.05, 0) is 56.6 Å². The number of hydrazine groups is 1. The lowest BCUT2D eigenvalue weighted by molar-refractivity contribution is -0.162. The summed E-state index contributed by atoms with van der Waals surface area (Å²) >= 11 is 0. The molecule has 3 rings (SSSR count). The average molecular weight is 809 g/mol. The number of unbranched alkanes of at least 4 members (excludes halogenated alkanes) is 1. The minimum Gasteiger partial charge on any atom is -0.458 e. The fourth-order valence-electron chi connectivity index (χ4n) is 6.38. The van der Waals surface area contributed by atoms with Crippen LogP contribution in [-0.2, 0) is 46.4 Å². The van der Waals surface area contributed by atoms with Gasteiger partial charge in [0.25, 0.3) is 0 Å². The molecule has 1 unspecified atom stereocenters. The van der Waals surface area contributed by atoms with Crippen molar-refractivity contribution < 1.29 is 38.2 Å². The molecule has 4 atom stereocenters. The lowest BCUT2D eigenvalue weighted by atomic mass is 9.94. The van der Waals surface area contributed by atoms with Crippen molar-refractivity contribution in [1.29, 1.82) is 0 Å². The number of hydrogen-bond donors (Lipinski definition) is 4. The first kappa shape index (κ1) is 47.8. The SMILES string of the molecule is CCCCN(C[C@H](OC(=O)C(C)(C)C)[C@H](Cc1ccccc1)NC(=O)[C@@H](NC(=O)OCc1ccccc1)C(C)C)NC(=O)C(C(=O)NCCN1CCOCC1)C(C)C. The zero-order valence-electron chi connectivity index (χ0n) is 35.9. The summed E-state index contributed by atoms with van der Waals surface area (Å²) in [5.74, 6) is -3.44. The highest BCUT2D eigenvalue weighted by Gasteiger charge is 2.37. The van der Waals surface area contributed by atoms with Crippen molar-refractivity contribution in [3.05, 3.63) is 71.8 Å². The number of amides is 4. The Morgan fingerprint density at radius 2 is 1.45 bits per heavy atom.